The van der Waals surface area contributed by atoms with E-state index in [9.17, 15) is 0 Å². The van der Waals surface area contributed by atoms with Gasteiger partial charge in [0.15, 0.2) is 0 Å². The van der Waals surface area contributed by atoms with Crippen molar-refractivity contribution >= 4 is 23.2 Å². The van der Waals surface area contributed by atoms with Gasteiger partial charge in [-0.2, -0.15) is 0 Å². The zero-order valence-electron chi connectivity index (χ0n) is 8.94. The molecule has 1 aromatic rings. The van der Waals surface area contributed by atoms with Crippen LogP contribution in [0.5, 0.6) is 5.75 Å². The van der Waals surface area contributed by atoms with Crippen molar-refractivity contribution in [2.75, 3.05) is 19.5 Å². The molecule has 0 atom stereocenters. The second-order valence-corrected chi connectivity index (χ2v) is 4.10. The van der Waals surface area contributed by atoms with Crippen molar-refractivity contribution in [3.63, 3.8) is 0 Å². The fraction of sp³-hybridized carbons (Fsp3) is 0.455. The fourth-order valence-electron chi connectivity index (χ4n) is 1.51. The van der Waals surface area contributed by atoms with E-state index in [1.54, 1.807) is 7.11 Å². The predicted octanol–water partition coefficient (Wildman–Crippen LogP) is 2.99. The molecule has 1 N–H and O–H groups in total. The van der Waals surface area contributed by atoms with Crippen LogP contribution in [-0.4, -0.2) is 19.5 Å². The Kier molecular flexibility index (Phi) is 5.23. The van der Waals surface area contributed by atoms with Gasteiger partial charge in [0, 0.05) is 29.6 Å². The molecular weight excluding hydrogens is 233 g/mol. The number of benzene rings is 1. The molecule has 2 nitrogen and oxygen atoms in total. The third-order valence-electron chi connectivity index (χ3n) is 2.11. The van der Waals surface area contributed by atoms with Crippen molar-refractivity contribution in [2.45, 2.75) is 13.5 Å². The van der Waals surface area contributed by atoms with Gasteiger partial charge >= 0.3 is 0 Å². The molecule has 1 aromatic carbocycles. The molecule has 1 rings (SSSR count). The summed E-state index contributed by atoms with van der Waals surface area (Å²) in [5, 5.41) is 3.94. The van der Waals surface area contributed by atoms with Crippen molar-refractivity contribution < 1.29 is 4.74 Å². The Morgan fingerprint density at radius 2 is 2.13 bits per heavy atom. The van der Waals surface area contributed by atoms with E-state index in [1.165, 1.54) is 0 Å². The van der Waals surface area contributed by atoms with Gasteiger partial charge in [-0.05, 0) is 24.6 Å². The second-order valence-electron chi connectivity index (χ2n) is 3.28. The van der Waals surface area contributed by atoms with Gasteiger partial charge in [-0.1, -0.05) is 11.6 Å². The number of alkyl halides is 1. The van der Waals surface area contributed by atoms with Crippen LogP contribution in [0.25, 0.3) is 0 Å². The van der Waals surface area contributed by atoms with E-state index in [0.29, 0.717) is 5.88 Å². The van der Waals surface area contributed by atoms with Gasteiger partial charge in [0.1, 0.15) is 5.75 Å². The van der Waals surface area contributed by atoms with Crippen LogP contribution in [0.1, 0.15) is 11.1 Å². The average molecular weight is 248 g/mol. The summed E-state index contributed by atoms with van der Waals surface area (Å²) >= 11 is 11.6. The summed E-state index contributed by atoms with van der Waals surface area (Å²) in [5.74, 6) is 1.49. The highest BCUT2D eigenvalue weighted by Gasteiger charge is 2.07. The largest absolute Gasteiger partial charge is 0.496 e. The fourth-order valence-corrected chi connectivity index (χ4v) is 1.94. The van der Waals surface area contributed by atoms with Crippen molar-refractivity contribution in [1.29, 1.82) is 0 Å². The van der Waals surface area contributed by atoms with Crippen molar-refractivity contribution in [1.82, 2.24) is 5.32 Å². The lowest BCUT2D eigenvalue weighted by Crippen LogP contribution is -2.16. The van der Waals surface area contributed by atoms with Crippen LogP contribution in [0.15, 0.2) is 12.1 Å². The Morgan fingerprint density at radius 3 is 2.73 bits per heavy atom. The second kappa shape index (κ2) is 6.21. The first-order chi connectivity index (χ1) is 7.19. The van der Waals surface area contributed by atoms with Crippen LogP contribution in [-0.2, 0) is 6.54 Å². The molecule has 0 bridgehead atoms. The molecule has 0 unspecified atom stereocenters. The maximum absolute atomic E-state index is 5.98. The van der Waals surface area contributed by atoms with Gasteiger partial charge in [-0.15, -0.1) is 11.6 Å². The smallest absolute Gasteiger partial charge is 0.126 e. The third kappa shape index (κ3) is 3.56. The Morgan fingerprint density at radius 1 is 1.40 bits per heavy atom. The Labute approximate surface area is 101 Å². The summed E-state index contributed by atoms with van der Waals surface area (Å²) < 4.78 is 5.33. The van der Waals surface area contributed by atoms with E-state index < -0.39 is 0 Å². The van der Waals surface area contributed by atoms with E-state index in [-0.39, 0.29) is 0 Å². The number of hydrogen-bond acceptors (Lipinski definition) is 2. The SMILES string of the molecule is COc1c(C)cc(Cl)cc1CNCCCl. The van der Waals surface area contributed by atoms with Crippen LogP contribution >= 0.6 is 23.2 Å². The number of nitrogens with one attached hydrogen (secondary N) is 1. The van der Waals surface area contributed by atoms with Crippen LogP contribution in [0.4, 0.5) is 0 Å². The molecule has 0 aromatic heterocycles. The number of ether oxygens (including phenoxy) is 1. The Hall–Kier alpha value is -0.440. The zero-order valence-corrected chi connectivity index (χ0v) is 10.5. The molecule has 0 fully saturated rings. The van der Waals surface area contributed by atoms with E-state index in [1.807, 2.05) is 19.1 Å². The van der Waals surface area contributed by atoms with Gasteiger partial charge in [0.2, 0.25) is 0 Å². The maximum Gasteiger partial charge on any atom is 0.126 e. The molecule has 0 heterocycles. The third-order valence-corrected chi connectivity index (χ3v) is 2.51. The molecule has 0 radical (unpaired) electrons. The van der Waals surface area contributed by atoms with Gasteiger partial charge in [-0.3, -0.25) is 0 Å². The van der Waals surface area contributed by atoms with Crippen LogP contribution in [0, 0.1) is 6.92 Å². The summed E-state index contributed by atoms with van der Waals surface area (Å²) in [6, 6.07) is 3.81. The molecule has 84 valence electrons. The summed E-state index contributed by atoms with van der Waals surface area (Å²) in [7, 11) is 1.67. The number of halogens is 2. The average Bonchev–Trinajstić information content (AvgIpc) is 2.17. The molecule has 0 aliphatic heterocycles. The maximum atomic E-state index is 5.98. The Bertz CT molecular complexity index is 329. The van der Waals surface area contributed by atoms with Crippen LogP contribution in [0.2, 0.25) is 5.02 Å². The quantitative estimate of drug-likeness (QED) is 0.639. The van der Waals surface area contributed by atoms with Gasteiger partial charge in [0.25, 0.3) is 0 Å². The van der Waals surface area contributed by atoms with Crippen molar-refractivity contribution in [3.8, 4) is 5.75 Å². The highest BCUT2D eigenvalue weighted by atomic mass is 35.5. The van der Waals surface area contributed by atoms with E-state index in [4.69, 9.17) is 27.9 Å². The molecule has 0 spiro atoms. The molecule has 0 saturated heterocycles. The van der Waals surface area contributed by atoms with Gasteiger partial charge < -0.3 is 10.1 Å². The summed E-state index contributed by atoms with van der Waals surface area (Å²) in [6.07, 6.45) is 0. The molecule has 15 heavy (non-hydrogen) atoms. The van der Waals surface area contributed by atoms with Gasteiger partial charge in [0.05, 0.1) is 7.11 Å². The standard InChI is InChI=1S/C11H15Cl2NO/c1-8-5-10(13)6-9(11(8)15-2)7-14-4-3-12/h5-6,14H,3-4,7H2,1-2H3. The number of rotatable bonds is 5. The first-order valence-corrected chi connectivity index (χ1v) is 5.70. The zero-order chi connectivity index (χ0) is 11.3. The Balaban J connectivity index is 2.84. The topological polar surface area (TPSA) is 21.3 Å². The van der Waals surface area contributed by atoms with Gasteiger partial charge in [-0.25, -0.2) is 0 Å². The lowest BCUT2D eigenvalue weighted by molar-refractivity contribution is 0.405. The molecule has 0 amide bonds. The van der Waals surface area contributed by atoms with E-state index in [2.05, 4.69) is 5.32 Å². The monoisotopic (exact) mass is 247 g/mol. The lowest BCUT2D eigenvalue weighted by atomic mass is 10.1. The minimum absolute atomic E-state index is 0.599. The lowest BCUT2D eigenvalue weighted by Gasteiger charge is -2.12. The van der Waals surface area contributed by atoms with E-state index >= 15 is 0 Å². The van der Waals surface area contributed by atoms with E-state index in [0.717, 1.165) is 35.0 Å². The predicted molar refractivity (Wildman–Crippen MR) is 65.2 cm³/mol. The summed E-state index contributed by atoms with van der Waals surface area (Å²) in [6.45, 7) is 3.48. The number of methoxy groups -OCH3 is 1. The summed E-state index contributed by atoms with van der Waals surface area (Å²) in [4.78, 5) is 0. The minimum Gasteiger partial charge on any atom is -0.496 e. The molecule has 0 aliphatic carbocycles. The highest BCUT2D eigenvalue weighted by molar-refractivity contribution is 6.30. The molecular formula is C11H15Cl2NO. The van der Waals surface area contributed by atoms with Crippen LogP contribution in [0.3, 0.4) is 0 Å². The normalized spacial score (nSPS) is 10.4. The number of hydrogen-bond donors (Lipinski definition) is 1. The molecule has 0 saturated carbocycles. The number of aryl methyl sites for hydroxylation is 1. The summed E-state index contributed by atoms with van der Waals surface area (Å²) in [5.41, 5.74) is 2.11. The van der Waals surface area contributed by atoms with Crippen molar-refractivity contribution in [3.05, 3.63) is 28.3 Å². The molecule has 4 heteroatoms. The highest BCUT2D eigenvalue weighted by Crippen LogP contribution is 2.27. The molecule has 0 aliphatic rings. The first-order valence-electron chi connectivity index (χ1n) is 4.78. The van der Waals surface area contributed by atoms with Crippen LogP contribution < -0.4 is 10.1 Å². The van der Waals surface area contributed by atoms with Crippen molar-refractivity contribution in [2.24, 2.45) is 0 Å². The minimum atomic E-state index is 0.599. The first kappa shape index (κ1) is 12.6.